The van der Waals surface area contributed by atoms with E-state index < -0.39 is 23.9 Å². The summed E-state index contributed by atoms with van der Waals surface area (Å²) >= 11 is 0. The summed E-state index contributed by atoms with van der Waals surface area (Å²) in [6.45, 7) is 14.6. The number of carbonyl (C=O) groups excluding carboxylic acids is 1. The second-order valence-electron chi connectivity index (χ2n) is 11.3. The van der Waals surface area contributed by atoms with Crippen LogP contribution in [-0.2, 0) is 4.79 Å². The number of likely N-dealkylation sites (tertiary alicyclic amines) is 2. The van der Waals surface area contributed by atoms with Gasteiger partial charge in [0.25, 0.3) is 11.8 Å². The molecule has 0 bridgehead atoms. The van der Waals surface area contributed by atoms with Crippen LogP contribution in [-0.4, -0.2) is 87.9 Å². The number of carbonyl (C=O) groups is 1. The Hall–Kier alpha value is -4.24. The molecule has 42 heavy (non-hydrogen) atoms. The van der Waals surface area contributed by atoms with Crippen molar-refractivity contribution in [2.45, 2.75) is 56.7 Å². The second-order valence-corrected chi connectivity index (χ2v) is 11.3. The van der Waals surface area contributed by atoms with Crippen LogP contribution in [0.1, 0.15) is 54.5 Å². The molecule has 2 unspecified atom stereocenters. The largest absolute Gasteiger partial charge is 0.482 e. The van der Waals surface area contributed by atoms with E-state index in [4.69, 9.17) is 25.8 Å². The number of hydrogen-bond acceptors (Lipinski definition) is 8. The molecule has 0 radical (unpaired) electrons. The smallest absolute Gasteiger partial charge is 0.320 e. The Morgan fingerprint density at radius 3 is 2.90 bits per heavy atom. The lowest BCUT2D eigenvalue weighted by atomic mass is 9.87. The van der Waals surface area contributed by atoms with Crippen LogP contribution in [0.25, 0.3) is 15.7 Å². The van der Waals surface area contributed by atoms with Crippen molar-refractivity contribution in [1.82, 2.24) is 30.0 Å². The molecule has 1 N–H and O–H groups in total. The van der Waals surface area contributed by atoms with Crippen molar-refractivity contribution in [1.29, 1.82) is 0 Å². The molecule has 1 amide bonds. The molecular formula is C30H34FN7O4. The number of nitrogens with zero attached hydrogens (tertiary/aromatic N) is 6. The van der Waals surface area contributed by atoms with Crippen molar-refractivity contribution in [2.75, 3.05) is 39.9 Å². The number of likely N-dealkylation sites (N-methyl/N-ethyl adjacent to an activating group) is 1. The molecule has 3 aliphatic rings. The van der Waals surface area contributed by atoms with E-state index in [0.717, 1.165) is 41.4 Å². The molecule has 3 aromatic rings. The monoisotopic (exact) mass is 575 g/mol. The molecular weight excluding hydrogens is 541 g/mol. The zero-order valence-corrected chi connectivity index (χ0v) is 23.8. The highest BCUT2D eigenvalue weighted by molar-refractivity contribution is 5.91. The summed E-state index contributed by atoms with van der Waals surface area (Å²) in [6, 6.07) is 3.99. The number of H-pyrrole nitrogens is 1. The van der Waals surface area contributed by atoms with Crippen LogP contribution in [0.4, 0.5) is 4.39 Å². The van der Waals surface area contributed by atoms with Gasteiger partial charge in [0, 0.05) is 29.5 Å². The maximum absolute atomic E-state index is 13.8. The first-order valence-corrected chi connectivity index (χ1v) is 14.3. The molecule has 11 nitrogen and oxygen atoms in total. The van der Waals surface area contributed by atoms with Gasteiger partial charge in [-0.15, -0.1) is 0 Å². The second kappa shape index (κ2) is 11.6. The van der Waals surface area contributed by atoms with Gasteiger partial charge in [-0.05, 0) is 57.8 Å². The quantitative estimate of drug-likeness (QED) is 0.331. The first kappa shape index (κ1) is 27.9. The lowest BCUT2D eigenvalue weighted by Crippen LogP contribution is -2.47. The fourth-order valence-corrected chi connectivity index (χ4v) is 6.39. The zero-order valence-electron chi connectivity index (χ0n) is 23.8. The van der Waals surface area contributed by atoms with Crippen LogP contribution in [0.15, 0.2) is 30.7 Å². The standard InChI is InChI=1S/C30H34FN7O4/c1-17-7-8-23-22(14-33-36-23)25(17)24-16-40-27-26(19-9-11-38(29(39)18(2)31)21(12-19)13-32-3)34-30(35-28(27)42-24)41-15-20-6-5-10-37(20)4/h7-8,14,19-21,24H,2,5-6,9-13,15-16H2,1,4H3,(H,33,36)/t19?,20-,21+,24?/m0/s1. The molecule has 2 aromatic heterocycles. The molecule has 5 heterocycles. The molecule has 0 spiro atoms. The van der Waals surface area contributed by atoms with E-state index in [2.05, 4.69) is 38.6 Å². The number of aromatic amines is 1. The van der Waals surface area contributed by atoms with E-state index in [9.17, 15) is 9.18 Å². The highest BCUT2D eigenvalue weighted by Gasteiger charge is 2.39. The molecule has 2 fully saturated rings. The Balaban J connectivity index is 1.33. The third kappa shape index (κ3) is 5.25. The molecule has 6 rings (SSSR count). The van der Waals surface area contributed by atoms with Gasteiger partial charge >= 0.3 is 6.01 Å². The van der Waals surface area contributed by atoms with Crippen LogP contribution < -0.4 is 14.2 Å². The summed E-state index contributed by atoms with van der Waals surface area (Å²) in [5.74, 6) is -1.25. The van der Waals surface area contributed by atoms with E-state index in [-0.39, 0.29) is 37.7 Å². The lowest BCUT2D eigenvalue weighted by molar-refractivity contribution is -0.132. The van der Waals surface area contributed by atoms with Crippen molar-refractivity contribution < 1.29 is 23.4 Å². The highest BCUT2D eigenvalue weighted by atomic mass is 19.1. The Kier molecular flexibility index (Phi) is 7.68. The normalized spacial score (nSPS) is 24.0. The van der Waals surface area contributed by atoms with E-state index >= 15 is 0 Å². The Morgan fingerprint density at radius 1 is 1.29 bits per heavy atom. The SMILES string of the molecule is [C-]#[N+]C[C@H]1CC(c2nc(OC[C@@H]3CCCN3C)nc3c2OCC(c2c(C)ccc4[nH]ncc24)O3)CCN1C(=O)C(=C)F. The topological polar surface area (TPSA) is 110 Å². The molecule has 12 heteroatoms. The predicted octanol–water partition coefficient (Wildman–Crippen LogP) is 4.12. The summed E-state index contributed by atoms with van der Waals surface area (Å²) in [7, 11) is 2.08. The first-order chi connectivity index (χ1) is 20.3. The minimum atomic E-state index is -1.03. The van der Waals surface area contributed by atoms with Gasteiger partial charge < -0.3 is 28.9 Å². The van der Waals surface area contributed by atoms with Gasteiger partial charge in [-0.1, -0.05) is 12.6 Å². The third-order valence-electron chi connectivity index (χ3n) is 8.65. The number of rotatable bonds is 7. The van der Waals surface area contributed by atoms with Gasteiger partial charge in [-0.25, -0.2) is 11.0 Å². The maximum atomic E-state index is 13.8. The van der Waals surface area contributed by atoms with Crippen LogP contribution in [0.3, 0.4) is 0 Å². The van der Waals surface area contributed by atoms with Crippen molar-refractivity contribution in [3.63, 3.8) is 0 Å². The number of amides is 1. The fourth-order valence-electron chi connectivity index (χ4n) is 6.39. The third-order valence-corrected chi connectivity index (χ3v) is 8.65. The zero-order chi connectivity index (χ0) is 29.4. The first-order valence-electron chi connectivity index (χ1n) is 14.3. The van der Waals surface area contributed by atoms with Gasteiger partial charge in [0.1, 0.15) is 19.3 Å². The van der Waals surface area contributed by atoms with Gasteiger partial charge in [0.2, 0.25) is 12.3 Å². The van der Waals surface area contributed by atoms with Crippen LogP contribution in [0, 0.1) is 13.5 Å². The number of piperidine rings is 1. The Bertz CT molecular complexity index is 1550. The lowest BCUT2D eigenvalue weighted by Gasteiger charge is -2.37. The molecule has 2 saturated heterocycles. The minimum Gasteiger partial charge on any atom is -0.482 e. The van der Waals surface area contributed by atoms with Crippen molar-refractivity contribution in [3.8, 4) is 17.6 Å². The number of halogens is 1. The number of ether oxygens (including phenoxy) is 3. The Morgan fingerprint density at radius 2 is 2.14 bits per heavy atom. The predicted molar refractivity (Wildman–Crippen MR) is 152 cm³/mol. The number of nitrogens with one attached hydrogen (secondary N) is 1. The molecule has 3 aliphatic heterocycles. The minimum absolute atomic E-state index is 0.0492. The van der Waals surface area contributed by atoms with E-state index in [0.29, 0.717) is 36.8 Å². The summed E-state index contributed by atoms with van der Waals surface area (Å²) in [4.78, 5) is 29.1. The van der Waals surface area contributed by atoms with Crippen molar-refractivity contribution in [2.24, 2.45) is 0 Å². The summed E-state index contributed by atoms with van der Waals surface area (Å²) in [5, 5.41) is 8.17. The van der Waals surface area contributed by atoms with E-state index in [1.54, 1.807) is 6.20 Å². The molecule has 0 saturated carbocycles. The molecule has 4 atom stereocenters. The fraction of sp³-hybridized carbons (Fsp3) is 0.500. The number of fused-ring (bicyclic) bond motifs is 2. The molecule has 0 aliphatic carbocycles. The van der Waals surface area contributed by atoms with Gasteiger partial charge in [0.15, 0.2) is 11.9 Å². The molecule has 220 valence electrons. The number of aromatic nitrogens is 4. The number of benzene rings is 1. The number of hydrogen-bond donors (Lipinski definition) is 1. The molecule has 1 aromatic carbocycles. The average Bonchev–Trinajstić information content (AvgIpc) is 3.63. The van der Waals surface area contributed by atoms with Crippen molar-refractivity contribution >= 4 is 16.8 Å². The van der Waals surface area contributed by atoms with Crippen molar-refractivity contribution in [3.05, 3.63) is 59.0 Å². The van der Waals surface area contributed by atoms with E-state index in [1.807, 2.05) is 19.1 Å². The maximum Gasteiger partial charge on any atom is 0.320 e. The van der Waals surface area contributed by atoms with Gasteiger partial charge in [0.05, 0.1) is 17.4 Å². The Labute approximate surface area is 243 Å². The van der Waals surface area contributed by atoms with Gasteiger partial charge in [-0.2, -0.15) is 15.1 Å². The average molecular weight is 576 g/mol. The van der Waals surface area contributed by atoms with Crippen LogP contribution in [0.5, 0.6) is 17.6 Å². The van der Waals surface area contributed by atoms with Crippen LogP contribution in [0.2, 0.25) is 0 Å². The summed E-state index contributed by atoms with van der Waals surface area (Å²) < 4.78 is 32.8. The summed E-state index contributed by atoms with van der Waals surface area (Å²) in [5.41, 5.74) is 3.54. The van der Waals surface area contributed by atoms with Gasteiger partial charge in [-0.3, -0.25) is 9.89 Å². The summed E-state index contributed by atoms with van der Waals surface area (Å²) in [6.07, 6.45) is 4.42. The van der Waals surface area contributed by atoms with E-state index in [1.165, 1.54) is 4.90 Å². The highest BCUT2D eigenvalue weighted by Crippen LogP contribution is 2.45. The van der Waals surface area contributed by atoms with Crippen LogP contribution >= 0.6 is 0 Å². The number of aryl methyl sites for hydroxylation is 1.